The molecular weight excluding hydrogens is 441 g/mol. The van der Waals surface area contributed by atoms with Crippen molar-refractivity contribution >= 4 is 27.3 Å². The second-order valence-electron chi connectivity index (χ2n) is 9.97. The van der Waals surface area contributed by atoms with Crippen LogP contribution >= 0.6 is 0 Å². The van der Waals surface area contributed by atoms with Gasteiger partial charge in [0.25, 0.3) is 5.91 Å². The van der Waals surface area contributed by atoms with E-state index in [-0.39, 0.29) is 22.5 Å². The Bertz CT molecular complexity index is 1150. The number of carbonyl (C=O) groups is 1. The number of benzene rings is 2. The maximum Gasteiger partial charge on any atom is 0.258 e. The molecule has 1 amide bonds. The van der Waals surface area contributed by atoms with Gasteiger partial charge in [0.05, 0.1) is 21.8 Å². The van der Waals surface area contributed by atoms with Crippen molar-refractivity contribution in [3.8, 4) is 0 Å². The Labute approximate surface area is 194 Å². The standard InChI is InChI=1S/C25H30FN3O3S/c1-2-27-33(31,32)19-7-8-21(26)20(12-19)24(30)28-22-5-3-4-6-23(22)29-25-13-16-9-17(14-25)11-18(10-16)15-25/h3-8,12,16-18,27,29H,2,9-11,13-15H2,1H3,(H,28,30). The molecule has 4 bridgehead atoms. The zero-order valence-electron chi connectivity index (χ0n) is 18.7. The van der Waals surface area contributed by atoms with E-state index in [1.807, 2.05) is 18.2 Å². The van der Waals surface area contributed by atoms with Crippen molar-refractivity contribution in [1.82, 2.24) is 4.72 Å². The Kier molecular flexibility index (Phi) is 5.69. The van der Waals surface area contributed by atoms with Gasteiger partial charge in [-0.3, -0.25) is 4.79 Å². The third kappa shape index (κ3) is 4.38. The summed E-state index contributed by atoms with van der Waals surface area (Å²) in [7, 11) is -3.80. The summed E-state index contributed by atoms with van der Waals surface area (Å²) in [4.78, 5) is 12.9. The molecule has 0 saturated heterocycles. The Hall–Kier alpha value is -2.45. The fourth-order valence-electron chi connectivity index (χ4n) is 6.56. The van der Waals surface area contributed by atoms with E-state index in [1.165, 1.54) is 19.3 Å². The highest BCUT2D eigenvalue weighted by Crippen LogP contribution is 2.56. The minimum Gasteiger partial charge on any atom is -0.378 e. The number of hydrogen-bond donors (Lipinski definition) is 3. The lowest BCUT2D eigenvalue weighted by molar-refractivity contribution is 0.0107. The Morgan fingerprint density at radius 3 is 2.21 bits per heavy atom. The summed E-state index contributed by atoms with van der Waals surface area (Å²) in [5, 5.41) is 6.57. The summed E-state index contributed by atoms with van der Waals surface area (Å²) in [5.41, 5.74) is 1.14. The number of nitrogens with one attached hydrogen (secondary N) is 3. The first-order chi connectivity index (χ1) is 15.8. The minimum absolute atomic E-state index is 0.0562. The Morgan fingerprint density at radius 2 is 1.61 bits per heavy atom. The molecule has 33 heavy (non-hydrogen) atoms. The Morgan fingerprint density at radius 1 is 1.00 bits per heavy atom. The van der Waals surface area contributed by atoms with Gasteiger partial charge in [-0.05, 0) is 86.6 Å². The van der Waals surface area contributed by atoms with Gasteiger partial charge in [0, 0.05) is 12.1 Å². The maximum atomic E-state index is 14.5. The zero-order valence-corrected chi connectivity index (χ0v) is 19.6. The predicted molar refractivity (Wildman–Crippen MR) is 126 cm³/mol. The highest BCUT2D eigenvalue weighted by atomic mass is 32.2. The van der Waals surface area contributed by atoms with E-state index in [4.69, 9.17) is 0 Å². The van der Waals surface area contributed by atoms with E-state index in [0.717, 1.165) is 60.9 Å². The van der Waals surface area contributed by atoms with Gasteiger partial charge in [-0.2, -0.15) is 0 Å². The average Bonchev–Trinajstić information content (AvgIpc) is 2.74. The maximum absolute atomic E-state index is 14.5. The molecule has 6 rings (SSSR count). The lowest BCUT2D eigenvalue weighted by Crippen LogP contribution is -2.54. The van der Waals surface area contributed by atoms with Gasteiger partial charge in [-0.25, -0.2) is 17.5 Å². The molecule has 0 aromatic heterocycles. The number of para-hydroxylation sites is 2. The highest BCUT2D eigenvalue weighted by molar-refractivity contribution is 7.89. The van der Waals surface area contributed by atoms with Gasteiger partial charge in [-0.1, -0.05) is 19.1 Å². The number of rotatable bonds is 7. The molecular formula is C25H30FN3O3S. The summed E-state index contributed by atoms with van der Waals surface area (Å²) in [6, 6.07) is 10.7. The van der Waals surface area contributed by atoms with E-state index < -0.39 is 21.7 Å². The van der Waals surface area contributed by atoms with Crippen LogP contribution in [0.3, 0.4) is 0 Å². The fourth-order valence-corrected chi connectivity index (χ4v) is 7.63. The van der Waals surface area contributed by atoms with Crippen LogP contribution in [0, 0.1) is 23.6 Å². The van der Waals surface area contributed by atoms with Crippen molar-refractivity contribution in [3.05, 3.63) is 53.8 Å². The van der Waals surface area contributed by atoms with E-state index in [9.17, 15) is 17.6 Å². The molecule has 0 heterocycles. The van der Waals surface area contributed by atoms with E-state index in [0.29, 0.717) is 5.69 Å². The van der Waals surface area contributed by atoms with Crippen LogP contribution in [0.4, 0.5) is 15.8 Å². The number of halogens is 1. The first kappa shape index (κ1) is 22.3. The van der Waals surface area contributed by atoms with Crippen LogP contribution in [0.2, 0.25) is 0 Å². The van der Waals surface area contributed by atoms with Crippen LogP contribution in [-0.2, 0) is 10.0 Å². The summed E-state index contributed by atoms with van der Waals surface area (Å²) in [6.45, 7) is 1.85. The number of hydrogen-bond acceptors (Lipinski definition) is 4. The monoisotopic (exact) mass is 471 g/mol. The van der Waals surface area contributed by atoms with Gasteiger partial charge in [0.15, 0.2) is 0 Å². The molecule has 0 radical (unpaired) electrons. The molecule has 2 aromatic rings. The molecule has 6 nitrogen and oxygen atoms in total. The minimum atomic E-state index is -3.80. The third-order valence-corrected chi connectivity index (χ3v) is 8.98. The van der Waals surface area contributed by atoms with Crippen LogP contribution in [0.25, 0.3) is 0 Å². The summed E-state index contributed by atoms with van der Waals surface area (Å²) < 4.78 is 41.5. The number of sulfonamides is 1. The predicted octanol–water partition coefficient (Wildman–Crippen LogP) is 4.76. The molecule has 4 saturated carbocycles. The van der Waals surface area contributed by atoms with Crippen molar-refractivity contribution in [1.29, 1.82) is 0 Å². The van der Waals surface area contributed by atoms with Crippen LogP contribution in [0.5, 0.6) is 0 Å². The van der Waals surface area contributed by atoms with Crippen LogP contribution in [0.1, 0.15) is 55.8 Å². The van der Waals surface area contributed by atoms with Crippen molar-refractivity contribution in [2.24, 2.45) is 17.8 Å². The zero-order chi connectivity index (χ0) is 23.2. The summed E-state index contributed by atoms with van der Waals surface area (Å²) >= 11 is 0. The largest absolute Gasteiger partial charge is 0.378 e. The second-order valence-corrected chi connectivity index (χ2v) is 11.7. The van der Waals surface area contributed by atoms with E-state index >= 15 is 0 Å². The van der Waals surface area contributed by atoms with Crippen molar-refractivity contribution in [3.63, 3.8) is 0 Å². The van der Waals surface area contributed by atoms with Crippen molar-refractivity contribution < 1.29 is 17.6 Å². The second kappa shape index (κ2) is 8.40. The van der Waals surface area contributed by atoms with E-state index in [1.54, 1.807) is 13.0 Å². The van der Waals surface area contributed by atoms with Gasteiger partial charge in [-0.15, -0.1) is 0 Å². The molecule has 4 fully saturated rings. The van der Waals surface area contributed by atoms with Crippen LogP contribution in [-0.4, -0.2) is 26.4 Å². The van der Waals surface area contributed by atoms with Gasteiger partial charge in [0.2, 0.25) is 10.0 Å². The molecule has 4 aliphatic rings. The quantitative estimate of drug-likeness (QED) is 0.544. The Balaban J connectivity index is 1.39. The molecule has 0 unspecified atom stereocenters. The topological polar surface area (TPSA) is 87.3 Å². The highest BCUT2D eigenvalue weighted by Gasteiger charge is 2.51. The molecule has 8 heteroatoms. The fraction of sp³-hybridized carbons (Fsp3) is 0.480. The normalized spacial score (nSPS) is 28.0. The number of anilines is 2. The lowest BCUT2D eigenvalue weighted by Gasteiger charge is -2.57. The van der Waals surface area contributed by atoms with Crippen LogP contribution in [0.15, 0.2) is 47.4 Å². The third-order valence-electron chi connectivity index (χ3n) is 7.44. The molecule has 4 aliphatic carbocycles. The van der Waals surface area contributed by atoms with E-state index in [2.05, 4.69) is 15.4 Å². The lowest BCUT2D eigenvalue weighted by atomic mass is 9.53. The summed E-state index contributed by atoms with van der Waals surface area (Å²) in [6.07, 6.45) is 7.47. The molecule has 2 aromatic carbocycles. The van der Waals surface area contributed by atoms with Crippen molar-refractivity contribution in [2.45, 2.75) is 55.9 Å². The first-order valence-corrected chi connectivity index (χ1v) is 13.2. The smallest absolute Gasteiger partial charge is 0.258 e. The van der Waals surface area contributed by atoms with Gasteiger partial charge in [0.1, 0.15) is 5.82 Å². The summed E-state index contributed by atoms with van der Waals surface area (Å²) in [5.74, 6) is 0.887. The van der Waals surface area contributed by atoms with Gasteiger partial charge < -0.3 is 10.6 Å². The first-order valence-electron chi connectivity index (χ1n) is 11.7. The van der Waals surface area contributed by atoms with Gasteiger partial charge >= 0.3 is 0 Å². The molecule has 3 N–H and O–H groups in total. The number of amides is 1. The SMILES string of the molecule is CCNS(=O)(=O)c1ccc(F)c(C(=O)Nc2ccccc2NC23CC4CC(CC(C4)C2)C3)c1. The molecule has 176 valence electrons. The average molecular weight is 472 g/mol. The molecule has 0 atom stereocenters. The van der Waals surface area contributed by atoms with Crippen LogP contribution < -0.4 is 15.4 Å². The van der Waals surface area contributed by atoms with Crippen molar-refractivity contribution in [2.75, 3.05) is 17.2 Å². The molecule has 0 aliphatic heterocycles. The number of carbonyl (C=O) groups excluding carboxylic acids is 1. The molecule has 0 spiro atoms.